The fraction of sp³-hybridized carbons (Fsp3) is 0.600. The van der Waals surface area contributed by atoms with Crippen molar-refractivity contribution in [2.75, 3.05) is 6.54 Å². The monoisotopic (exact) mass is 211 g/mol. The Morgan fingerprint density at radius 1 is 1.67 bits per heavy atom. The number of nitrogens with zero attached hydrogens (tertiary/aromatic N) is 1. The van der Waals surface area contributed by atoms with E-state index in [0.717, 1.165) is 5.69 Å². The highest BCUT2D eigenvalue weighted by molar-refractivity contribution is 5.78. The van der Waals surface area contributed by atoms with Crippen LogP contribution in [0.25, 0.3) is 0 Å². The minimum absolute atomic E-state index is 0.132. The largest absolute Gasteiger partial charge is 0.448 e. The Morgan fingerprint density at radius 2 is 2.33 bits per heavy atom. The number of rotatable bonds is 4. The zero-order chi connectivity index (χ0) is 11.5. The van der Waals surface area contributed by atoms with Gasteiger partial charge < -0.3 is 15.5 Å². The molecule has 3 N–H and O–H groups in total. The molecule has 1 aromatic heterocycles. The molecule has 0 aliphatic carbocycles. The molecule has 5 heteroatoms. The molecular weight excluding hydrogens is 194 g/mol. The summed E-state index contributed by atoms with van der Waals surface area (Å²) in [5.74, 6) is 0.296. The summed E-state index contributed by atoms with van der Waals surface area (Å²) in [6.07, 6.45) is 1.67. The van der Waals surface area contributed by atoms with Gasteiger partial charge in [0, 0.05) is 12.1 Å². The highest BCUT2D eigenvalue weighted by Crippen LogP contribution is 2.03. The van der Waals surface area contributed by atoms with Gasteiger partial charge in [-0.05, 0) is 20.8 Å². The quantitative estimate of drug-likeness (QED) is 0.754. The van der Waals surface area contributed by atoms with Gasteiger partial charge in [0.05, 0.1) is 5.69 Å². The number of nitrogens with one attached hydrogen (secondary N) is 1. The first kappa shape index (κ1) is 11.7. The SMILES string of the molecule is Cc1coc(CC(=O)NC(C)(C)CN)n1. The van der Waals surface area contributed by atoms with Crippen LogP contribution in [0.5, 0.6) is 0 Å². The maximum absolute atomic E-state index is 11.5. The summed E-state index contributed by atoms with van der Waals surface area (Å²) in [5, 5.41) is 2.80. The normalized spacial score (nSPS) is 11.5. The average molecular weight is 211 g/mol. The highest BCUT2D eigenvalue weighted by atomic mass is 16.3. The van der Waals surface area contributed by atoms with Crippen molar-refractivity contribution in [3.63, 3.8) is 0 Å². The van der Waals surface area contributed by atoms with Crippen LogP contribution >= 0.6 is 0 Å². The van der Waals surface area contributed by atoms with E-state index in [1.54, 1.807) is 0 Å². The van der Waals surface area contributed by atoms with Gasteiger partial charge in [0.15, 0.2) is 0 Å². The first-order valence-electron chi connectivity index (χ1n) is 4.85. The third kappa shape index (κ3) is 3.71. The van der Waals surface area contributed by atoms with E-state index < -0.39 is 5.54 Å². The molecule has 15 heavy (non-hydrogen) atoms. The van der Waals surface area contributed by atoms with Crippen molar-refractivity contribution >= 4 is 5.91 Å². The summed E-state index contributed by atoms with van der Waals surface area (Å²) >= 11 is 0. The molecular formula is C10H17N3O2. The summed E-state index contributed by atoms with van der Waals surface area (Å²) in [6.45, 7) is 5.94. The molecule has 0 fully saturated rings. The first-order valence-corrected chi connectivity index (χ1v) is 4.85. The van der Waals surface area contributed by atoms with Crippen molar-refractivity contribution in [1.29, 1.82) is 0 Å². The van der Waals surface area contributed by atoms with Crippen LogP contribution in [-0.2, 0) is 11.2 Å². The predicted molar refractivity (Wildman–Crippen MR) is 56.2 cm³/mol. The number of nitrogens with two attached hydrogens (primary N) is 1. The van der Waals surface area contributed by atoms with Gasteiger partial charge in [-0.15, -0.1) is 0 Å². The maximum Gasteiger partial charge on any atom is 0.229 e. The van der Waals surface area contributed by atoms with Crippen molar-refractivity contribution in [3.05, 3.63) is 17.8 Å². The fourth-order valence-electron chi connectivity index (χ4n) is 1.09. The minimum atomic E-state index is -0.390. The summed E-state index contributed by atoms with van der Waals surface area (Å²) in [6, 6.07) is 0. The van der Waals surface area contributed by atoms with E-state index in [4.69, 9.17) is 10.2 Å². The lowest BCUT2D eigenvalue weighted by atomic mass is 10.1. The van der Waals surface area contributed by atoms with Crippen molar-refractivity contribution < 1.29 is 9.21 Å². The molecule has 0 aliphatic rings. The van der Waals surface area contributed by atoms with Gasteiger partial charge in [-0.1, -0.05) is 0 Å². The van der Waals surface area contributed by atoms with Crippen LogP contribution in [0, 0.1) is 6.92 Å². The van der Waals surface area contributed by atoms with E-state index in [1.807, 2.05) is 20.8 Å². The van der Waals surface area contributed by atoms with E-state index in [0.29, 0.717) is 12.4 Å². The third-order valence-corrected chi connectivity index (χ3v) is 1.97. The van der Waals surface area contributed by atoms with Crippen molar-refractivity contribution in [2.24, 2.45) is 5.73 Å². The van der Waals surface area contributed by atoms with Gasteiger partial charge in [-0.25, -0.2) is 4.98 Å². The van der Waals surface area contributed by atoms with Crippen LogP contribution in [0.15, 0.2) is 10.7 Å². The van der Waals surface area contributed by atoms with Crippen LogP contribution in [0.2, 0.25) is 0 Å². The van der Waals surface area contributed by atoms with Crippen molar-refractivity contribution in [1.82, 2.24) is 10.3 Å². The molecule has 0 aromatic carbocycles. The first-order chi connectivity index (χ1) is 6.93. The van der Waals surface area contributed by atoms with Crippen LogP contribution in [0.4, 0.5) is 0 Å². The number of amides is 1. The Kier molecular flexibility index (Phi) is 3.47. The lowest BCUT2D eigenvalue weighted by Gasteiger charge is -2.23. The molecule has 1 heterocycles. The minimum Gasteiger partial charge on any atom is -0.448 e. The Bertz CT molecular complexity index is 344. The zero-order valence-corrected chi connectivity index (χ0v) is 9.33. The lowest BCUT2D eigenvalue weighted by Crippen LogP contribution is -2.49. The molecule has 1 amide bonds. The summed E-state index contributed by atoms with van der Waals surface area (Å²) in [4.78, 5) is 15.6. The number of hydrogen-bond donors (Lipinski definition) is 2. The van der Waals surface area contributed by atoms with Gasteiger partial charge in [0.25, 0.3) is 0 Å². The van der Waals surface area contributed by atoms with Gasteiger partial charge in [0.1, 0.15) is 12.7 Å². The van der Waals surface area contributed by atoms with E-state index in [1.165, 1.54) is 6.26 Å². The molecule has 5 nitrogen and oxygen atoms in total. The molecule has 0 saturated heterocycles. The average Bonchev–Trinajstić information content (AvgIpc) is 2.50. The number of aromatic nitrogens is 1. The van der Waals surface area contributed by atoms with Crippen LogP contribution in [-0.4, -0.2) is 23.0 Å². The molecule has 0 saturated carbocycles. The molecule has 0 spiro atoms. The third-order valence-electron chi connectivity index (χ3n) is 1.97. The smallest absolute Gasteiger partial charge is 0.229 e. The molecule has 0 radical (unpaired) electrons. The van der Waals surface area contributed by atoms with Crippen LogP contribution in [0.3, 0.4) is 0 Å². The molecule has 0 atom stereocenters. The molecule has 1 rings (SSSR count). The number of hydrogen-bond acceptors (Lipinski definition) is 4. The summed E-state index contributed by atoms with van der Waals surface area (Å²) < 4.78 is 5.08. The van der Waals surface area contributed by atoms with E-state index in [9.17, 15) is 4.79 Å². The Balaban J connectivity index is 2.50. The molecule has 0 aliphatic heterocycles. The second-order valence-corrected chi connectivity index (χ2v) is 4.20. The maximum atomic E-state index is 11.5. The molecule has 0 bridgehead atoms. The van der Waals surface area contributed by atoms with E-state index in [2.05, 4.69) is 10.3 Å². The second kappa shape index (κ2) is 4.44. The van der Waals surface area contributed by atoms with E-state index >= 15 is 0 Å². The second-order valence-electron chi connectivity index (χ2n) is 4.20. The van der Waals surface area contributed by atoms with Crippen molar-refractivity contribution in [2.45, 2.75) is 32.7 Å². The summed E-state index contributed by atoms with van der Waals surface area (Å²) in [5.41, 5.74) is 5.88. The summed E-state index contributed by atoms with van der Waals surface area (Å²) in [7, 11) is 0. The topological polar surface area (TPSA) is 81.2 Å². The van der Waals surface area contributed by atoms with Crippen LogP contribution in [0.1, 0.15) is 25.4 Å². The van der Waals surface area contributed by atoms with Crippen LogP contribution < -0.4 is 11.1 Å². The standard InChI is InChI=1S/C10H17N3O2/c1-7-5-15-9(12-7)4-8(14)13-10(2,3)6-11/h5H,4,6,11H2,1-3H3,(H,13,14). The fourth-order valence-corrected chi connectivity index (χ4v) is 1.09. The van der Waals surface area contributed by atoms with Crippen molar-refractivity contribution in [3.8, 4) is 0 Å². The lowest BCUT2D eigenvalue weighted by molar-refractivity contribution is -0.122. The van der Waals surface area contributed by atoms with Gasteiger partial charge in [-0.2, -0.15) is 0 Å². The predicted octanol–water partition coefficient (Wildman–Crippen LogP) is 0.379. The number of aryl methyl sites for hydroxylation is 1. The van der Waals surface area contributed by atoms with Gasteiger partial charge in [0.2, 0.25) is 11.8 Å². The molecule has 0 unspecified atom stereocenters. The highest BCUT2D eigenvalue weighted by Gasteiger charge is 2.19. The molecule has 1 aromatic rings. The Labute approximate surface area is 89.1 Å². The van der Waals surface area contributed by atoms with E-state index in [-0.39, 0.29) is 12.3 Å². The molecule has 84 valence electrons. The van der Waals surface area contributed by atoms with Gasteiger partial charge in [-0.3, -0.25) is 4.79 Å². The van der Waals surface area contributed by atoms with Gasteiger partial charge >= 0.3 is 0 Å². The number of carbonyl (C=O) groups excluding carboxylic acids is 1. The Hall–Kier alpha value is -1.36. The zero-order valence-electron chi connectivity index (χ0n) is 9.33. The Morgan fingerprint density at radius 3 is 2.80 bits per heavy atom. The number of oxazole rings is 1. The number of carbonyl (C=O) groups is 1.